The summed E-state index contributed by atoms with van der Waals surface area (Å²) in [6, 6.07) is 0. The Morgan fingerprint density at radius 1 is 1.77 bits per heavy atom. The normalized spacial score (nSPS) is 11.0. The van der Waals surface area contributed by atoms with Crippen LogP contribution in [0, 0.1) is 0 Å². The van der Waals surface area contributed by atoms with Crippen molar-refractivity contribution in [3.8, 4) is 0 Å². The largest absolute Gasteiger partial charge is 0.534 e. The number of methoxy groups -OCH3 is 1. The van der Waals surface area contributed by atoms with E-state index in [2.05, 4.69) is 29.4 Å². The minimum absolute atomic E-state index is 0.0314. The van der Waals surface area contributed by atoms with E-state index in [9.17, 15) is 4.79 Å². The minimum Gasteiger partial charge on any atom is -0.436 e. The van der Waals surface area contributed by atoms with Crippen molar-refractivity contribution in [1.29, 1.82) is 0 Å². The van der Waals surface area contributed by atoms with Crippen LogP contribution in [0.3, 0.4) is 0 Å². The summed E-state index contributed by atoms with van der Waals surface area (Å²) in [4.78, 5) is 18.1. The van der Waals surface area contributed by atoms with Crippen molar-refractivity contribution in [1.82, 2.24) is 10.1 Å². The van der Waals surface area contributed by atoms with Crippen LogP contribution in [-0.2, 0) is 9.57 Å². The van der Waals surface area contributed by atoms with Gasteiger partial charge in [-0.3, -0.25) is 4.84 Å². The average Bonchev–Trinajstić information content (AvgIpc) is 2.66. The van der Waals surface area contributed by atoms with Crippen LogP contribution in [-0.4, -0.2) is 29.2 Å². The van der Waals surface area contributed by atoms with E-state index in [1.807, 2.05) is 0 Å². The van der Waals surface area contributed by atoms with Crippen LogP contribution in [0.2, 0.25) is 0 Å². The fourth-order valence-electron chi connectivity index (χ4n) is 0.448. The molecule has 8 heteroatoms. The van der Waals surface area contributed by atoms with Gasteiger partial charge < -0.3 is 15.0 Å². The maximum absolute atomic E-state index is 10.4. The van der Waals surface area contributed by atoms with E-state index in [1.54, 1.807) is 0 Å². The highest BCUT2D eigenvalue weighted by atomic mass is 16.8. The van der Waals surface area contributed by atoms with Gasteiger partial charge in [0.05, 0.1) is 7.11 Å². The van der Waals surface area contributed by atoms with Gasteiger partial charge >= 0.3 is 6.16 Å². The first-order valence-corrected chi connectivity index (χ1v) is 3.09. The zero-order valence-corrected chi connectivity index (χ0v) is 6.63. The highest BCUT2D eigenvalue weighted by Gasteiger charge is 2.06. The molecule has 0 spiro atoms. The monoisotopic (exact) mass is 186 g/mol. The van der Waals surface area contributed by atoms with Gasteiger partial charge in [0.1, 0.15) is 0 Å². The van der Waals surface area contributed by atoms with E-state index in [1.165, 1.54) is 0 Å². The van der Waals surface area contributed by atoms with Gasteiger partial charge in [-0.1, -0.05) is 10.3 Å². The molecule has 0 aliphatic rings. The molecule has 0 atom stereocenters. The quantitative estimate of drug-likeness (QED) is 0.217. The molecule has 1 aromatic heterocycles. The second kappa shape index (κ2) is 4.04. The molecule has 0 unspecified atom stereocenters. The lowest BCUT2D eigenvalue weighted by Crippen LogP contribution is -2.16. The minimum atomic E-state index is -0.980. The van der Waals surface area contributed by atoms with E-state index in [4.69, 9.17) is 5.73 Å². The highest BCUT2D eigenvalue weighted by molar-refractivity contribution is 5.93. The third kappa shape index (κ3) is 2.43. The molecule has 0 aliphatic carbocycles. The summed E-state index contributed by atoms with van der Waals surface area (Å²) in [5.74, 6) is -0.150. The van der Waals surface area contributed by atoms with Crippen LogP contribution in [0.1, 0.15) is 5.82 Å². The molecule has 1 heterocycles. The van der Waals surface area contributed by atoms with E-state index in [0.717, 1.165) is 13.5 Å². The number of oxime groups is 1. The lowest BCUT2D eigenvalue weighted by molar-refractivity contribution is 0.0752. The molecule has 1 aromatic rings. The van der Waals surface area contributed by atoms with E-state index in [0.29, 0.717) is 0 Å². The van der Waals surface area contributed by atoms with Gasteiger partial charge in [0.15, 0.2) is 0 Å². The molecule has 0 amide bonds. The summed E-state index contributed by atoms with van der Waals surface area (Å²) in [5, 5.41) is 6.52. The number of hydrogen-bond donors (Lipinski definition) is 1. The maximum atomic E-state index is 10.4. The fourth-order valence-corrected chi connectivity index (χ4v) is 0.448. The van der Waals surface area contributed by atoms with Crippen molar-refractivity contribution in [3.63, 3.8) is 0 Å². The molecule has 0 fully saturated rings. The number of hydrogen-bond acceptors (Lipinski definition) is 7. The van der Waals surface area contributed by atoms with Gasteiger partial charge in [0.2, 0.25) is 18.1 Å². The first-order valence-electron chi connectivity index (χ1n) is 3.09. The van der Waals surface area contributed by atoms with Crippen LogP contribution in [0.25, 0.3) is 0 Å². The molecule has 70 valence electrons. The van der Waals surface area contributed by atoms with Crippen LogP contribution in [0.5, 0.6) is 0 Å². The average molecular weight is 186 g/mol. The third-order valence-electron chi connectivity index (χ3n) is 0.976. The van der Waals surface area contributed by atoms with Crippen molar-refractivity contribution in [2.75, 3.05) is 7.11 Å². The molecular formula is C5H6N4O4. The number of nitrogens with zero attached hydrogens (tertiary/aromatic N) is 3. The van der Waals surface area contributed by atoms with E-state index >= 15 is 0 Å². The second-order valence-corrected chi connectivity index (χ2v) is 1.78. The molecule has 2 N–H and O–H groups in total. The first-order chi connectivity index (χ1) is 6.24. The lowest BCUT2D eigenvalue weighted by atomic mass is 10.6. The zero-order chi connectivity index (χ0) is 9.68. The van der Waals surface area contributed by atoms with E-state index in [-0.39, 0.29) is 11.7 Å². The summed E-state index contributed by atoms with van der Waals surface area (Å²) >= 11 is 0. The van der Waals surface area contributed by atoms with Crippen molar-refractivity contribution in [2.24, 2.45) is 10.9 Å². The summed E-state index contributed by atoms with van der Waals surface area (Å²) in [7, 11) is 1.14. The molecule has 0 saturated carbocycles. The van der Waals surface area contributed by atoms with Gasteiger partial charge in [-0.15, -0.1) is 0 Å². The summed E-state index contributed by atoms with van der Waals surface area (Å²) < 4.78 is 8.50. The molecule has 13 heavy (non-hydrogen) atoms. The molecule has 0 radical (unpaired) electrons. The number of carbonyl (C=O) groups excluding carboxylic acids is 1. The van der Waals surface area contributed by atoms with Crippen LogP contribution < -0.4 is 5.73 Å². The molecule has 0 aromatic carbocycles. The standard InChI is InChI=1S/C5H6N4O4/c1-11-5(10)13-8-3(6)4-7-2-12-9-4/h2H,1H3,(H2,6,8). The molecule has 0 bridgehead atoms. The number of aromatic nitrogens is 2. The topological polar surface area (TPSA) is 113 Å². The van der Waals surface area contributed by atoms with Crippen molar-refractivity contribution < 1.29 is 18.9 Å². The summed E-state index contributed by atoms with van der Waals surface area (Å²) in [5.41, 5.74) is 5.27. The van der Waals surface area contributed by atoms with Crippen LogP contribution in [0.15, 0.2) is 16.1 Å². The van der Waals surface area contributed by atoms with Gasteiger partial charge in [-0.05, 0) is 0 Å². The van der Waals surface area contributed by atoms with Crippen LogP contribution >= 0.6 is 0 Å². The Hall–Kier alpha value is -2.12. The Morgan fingerprint density at radius 2 is 2.54 bits per heavy atom. The Morgan fingerprint density at radius 3 is 3.08 bits per heavy atom. The molecule has 0 saturated heterocycles. The smallest absolute Gasteiger partial charge is 0.436 e. The lowest BCUT2D eigenvalue weighted by Gasteiger charge is -1.94. The Labute approximate surface area is 72.3 Å². The fraction of sp³-hybridized carbons (Fsp3) is 0.200. The van der Waals surface area contributed by atoms with Gasteiger partial charge in [0.25, 0.3) is 0 Å². The molecule has 0 aliphatic heterocycles. The zero-order valence-electron chi connectivity index (χ0n) is 6.63. The maximum Gasteiger partial charge on any atom is 0.534 e. The predicted molar refractivity (Wildman–Crippen MR) is 38.5 cm³/mol. The van der Waals surface area contributed by atoms with Crippen molar-refractivity contribution in [3.05, 3.63) is 12.2 Å². The second-order valence-electron chi connectivity index (χ2n) is 1.78. The number of rotatable bonds is 2. The van der Waals surface area contributed by atoms with Gasteiger partial charge in [0, 0.05) is 0 Å². The number of carbonyl (C=O) groups is 1. The van der Waals surface area contributed by atoms with Gasteiger partial charge in [-0.2, -0.15) is 4.98 Å². The number of amidine groups is 1. The number of ether oxygens (including phenoxy) is 1. The van der Waals surface area contributed by atoms with E-state index < -0.39 is 6.16 Å². The summed E-state index contributed by atoms with van der Waals surface area (Å²) in [6.07, 6.45) is 0.0852. The number of nitrogens with two attached hydrogens (primary N) is 1. The highest BCUT2D eigenvalue weighted by Crippen LogP contribution is 1.90. The predicted octanol–water partition coefficient (Wildman–Crippen LogP) is -0.527. The van der Waals surface area contributed by atoms with Gasteiger partial charge in [-0.25, -0.2) is 4.79 Å². The first kappa shape index (κ1) is 8.97. The van der Waals surface area contributed by atoms with Crippen molar-refractivity contribution in [2.45, 2.75) is 0 Å². The summed E-state index contributed by atoms with van der Waals surface area (Å²) in [6.45, 7) is 0. The molecule has 1 rings (SSSR count). The third-order valence-corrected chi connectivity index (χ3v) is 0.976. The Balaban J connectivity index is 2.57. The Kier molecular flexibility index (Phi) is 2.79. The van der Waals surface area contributed by atoms with Crippen LogP contribution in [0.4, 0.5) is 4.79 Å². The SMILES string of the molecule is COC(=O)O/N=C(/N)c1ncon1. The molecule has 8 nitrogen and oxygen atoms in total. The van der Waals surface area contributed by atoms with Crippen molar-refractivity contribution >= 4 is 12.0 Å². The Bertz CT molecular complexity index is 306. The molecular weight excluding hydrogens is 180 g/mol.